The van der Waals surface area contributed by atoms with Crippen LogP contribution in [0.2, 0.25) is 0 Å². The summed E-state index contributed by atoms with van der Waals surface area (Å²) >= 11 is 1.85. The fourth-order valence-electron chi connectivity index (χ4n) is 2.81. The number of nitrogens with one attached hydrogen (secondary N) is 1. The molecule has 0 saturated carbocycles. The van der Waals surface area contributed by atoms with Crippen LogP contribution in [0.5, 0.6) is 5.75 Å². The molecule has 2 unspecified atom stereocenters. The number of ether oxygens (including phenoxy) is 1. The summed E-state index contributed by atoms with van der Waals surface area (Å²) in [5.41, 5.74) is 1.35. The summed E-state index contributed by atoms with van der Waals surface area (Å²) in [6, 6.07) is 13.2. The fraction of sp³-hybridized carbons (Fsp3) is 0.412. The third-order valence-electron chi connectivity index (χ3n) is 3.87. The second kappa shape index (κ2) is 6.42. The molecular weight excluding hydrogens is 266 g/mol. The van der Waals surface area contributed by atoms with E-state index in [0.717, 1.165) is 18.9 Å². The van der Waals surface area contributed by atoms with Gasteiger partial charge in [0.15, 0.2) is 0 Å². The van der Waals surface area contributed by atoms with Crippen molar-refractivity contribution < 1.29 is 4.74 Å². The van der Waals surface area contributed by atoms with Crippen molar-refractivity contribution in [3.05, 3.63) is 52.2 Å². The highest BCUT2D eigenvalue weighted by Gasteiger charge is 2.24. The summed E-state index contributed by atoms with van der Waals surface area (Å²) in [6.45, 7) is 4.03. The Hall–Kier alpha value is -1.32. The largest absolute Gasteiger partial charge is 0.493 e. The van der Waals surface area contributed by atoms with Gasteiger partial charge in [0.2, 0.25) is 0 Å². The van der Waals surface area contributed by atoms with E-state index in [0.29, 0.717) is 12.0 Å². The lowest BCUT2D eigenvalue weighted by Crippen LogP contribution is -2.26. The lowest BCUT2D eigenvalue weighted by molar-refractivity contribution is 0.321. The Morgan fingerprint density at radius 3 is 3.00 bits per heavy atom. The molecule has 1 aliphatic heterocycles. The van der Waals surface area contributed by atoms with E-state index in [1.165, 1.54) is 23.3 Å². The van der Waals surface area contributed by atoms with Crippen molar-refractivity contribution in [2.45, 2.75) is 31.7 Å². The molecule has 0 aliphatic carbocycles. The van der Waals surface area contributed by atoms with Gasteiger partial charge >= 0.3 is 0 Å². The molecule has 2 nitrogen and oxygen atoms in total. The molecule has 0 amide bonds. The normalized spacial score (nSPS) is 18.6. The number of para-hydroxylation sites is 1. The summed E-state index contributed by atoms with van der Waals surface area (Å²) in [5, 5.41) is 5.90. The van der Waals surface area contributed by atoms with Gasteiger partial charge in [0, 0.05) is 28.9 Å². The molecule has 1 aromatic carbocycles. The standard InChI is InChI=1S/C17H21NOS/c1-2-6-15(17-9-5-10-20-17)18-11-13-12-19-16-8-4-3-7-14(13)16/h3-5,7-10,13,15,18H,2,6,11-12H2,1H3. The molecule has 2 aromatic rings. The Morgan fingerprint density at radius 1 is 1.30 bits per heavy atom. The molecule has 0 fully saturated rings. The number of benzene rings is 1. The lowest BCUT2D eigenvalue weighted by atomic mass is 10.0. The first-order valence-corrected chi connectivity index (χ1v) is 8.25. The first kappa shape index (κ1) is 13.7. The van der Waals surface area contributed by atoms with Gasteiger partial charge in [0.1, 0.15) is 5.75 Å². The Morgan fingerprint density at radius 2 is 2.20 bits per heavy atom. The quantitative estimate of drug-likeness (QED) is 0.852. The molecule has 0 saturated heterocycles. The maximum atomic E-state index is 5.76. The fourth-order valence-corrected chi connectivity index (χ4v) is 3.64. The zero-order valence-electron chi connectivity index (χ0n) is 11.8. The summed E-state index contributed by atoms with van der Waals surface area (Å²) < 4.78 is 5.76. The van der Waals surface area contributed by atoms with E-state index in [-0.39, 0.29) is 0 Å². The van der Waals surface area contributed by atoms with Crippen LogP contribution in [0.1, 0.15) is 42.2 Å². The maximum Gasteiger partial charge on any atom is 0.122 e. The van der Waals surface area contributed by atoms with E-state index >= 15 is 0 Å². The molecule has 0 bridgehead atoms. The second-order valence-electron chi connectivity index (χ2n) is 5.31. The highest BCUT2D eigenvalue weighted by atomic mass is 32.1. The van der Waals surface area contributed by atoms with E-state index in [9.17, 15) is 0 Å². The average molecular weight is 287 g/mol. The number of hydrogen-bond acceptors (Lipinski definition) is 3. The van der Waals surface area contributed by atoms with Crippen LogP contribution in [-0.4, -0.2) is 13.2 Å². The van der Waals surface area contributed by atoms with Crippen LogP contribution in [0.15, 0.2) is 41.8 Å². The molecule has 0 spiro atoms. The molecule has 3 heteroatoms. The molecule has 2 atom stereocenters. The third-order valence-corrected chi connectivity index (χ3v) is 4.86. The van der Waals surface area contributed by atoms with Crippen molar-refractivity contribution in [3.63, 3.8) is 0 Å². The highest BCUT2D eigenvalue weighted by molar-refractivity contribution is 7.10. The van der Waals surface area contributed by atoms with E-state index in [2.05, 4.69) is 48.0 Å². The van der Waals surface area contributed by atoms with Crippen molar-refractivity contribution in [2.24, 2.45) is 0 Å². The number of rotatable bonds is 6. The van der Waals surface area contributed by atoms with E-state index < -0.39 is 0 Å². The van der Waals surface area contributed by atoms with Gasteiger partial charge in [-0.25, -0.2) is 0 Å². The number of hydrogen-bond donors (Lipinski definition) is 1. The highest BCUT2D eigenvalue weighted by Crippen LogP contribution is 2.33. The summed E-state index contributed by atoms with van der Waals surface area (Å²) in [6.07, 6.45) is 2.39. The van der Waals surface area contributed by atoms with Crippen molar-refractivity contribution in [2.75, 3.05) is 13.2 Å². The molecule has 1 aliphatic rings. The van der Waals surface area contributed by atoms with Crippen LogP contribution in [0.4, 0.5) is 0 Å². The minimum absolute atomic E-state index is 0.477. The van der Waals surface area contributed by atoms with Crippen molar-refractivity contribution in [1.82, 2.24) is 5.32 Å². The minimum atomic E-state index is 0.477. The monoisotopic (exact) mass is 287 g/mol. The maximum absolute atomic E-state index is 5.76. The van der Waals surface area contributed by atoms with Crippen LogP contribution in [0.25, 0.3) is 0 Å². The van der Waals surface area contributed by atoms with E-state index in [1.54, 1.807) is 0 Å². The average Bonchev–Trinajstić information content (AvgIpc) is 3.13. The van der Waals surface area contributed by atoms with Crippen LogP contribution in [0, 0.1) is 0 Å². The van der Waals surface area contributed by atoms with Gasteiger partial charge in [-0.15, -0.1) is 11.3 Å². The summed E-state index contributed by atoms with van der Waals surface area (Å²) in [5.74, 6) is 1.54. The Labute approximate surface area is 124 Å². The predicted molar refractivity (Wildman–Crippen MR) is 84.6 cm³/mol. The van der Waals surface area contributed by atoms with Gasteiger partial charge in [0.25, 0.3) is 0 Å². The van der Waals surface area contributed by atoms with Crippen LogP contribution >= 0.6 is 11.3 Å². The SMILES string of the molecule is CCCC(NCC1COc2ccccc21)c1cccs1. The molecular formula is C17H21NOS. The Kier molecular flexibility index (Phi) is 4.38. The van der Waals surface area contributed by atoms with Crippen LogP contribution in [0.3, 0.4) is 0 Å². The Balaban J connectivity index is 1.64. The number of fused-ring (bicyclic) bond motifs is 1. The molecule has 1 N–H and O–H groups in total. The van der Waals surface area contributed by atoms with Crippen molar-refractivity contribution >= 4 is 11.3 Å². The summed E-state index contributed by atoms with van der Waals surface area (Å²) in [7, 11) is 0. The van der Waals surface area contributed by atoms with Gasteiger partial charge < -0.3 is 10.1 Å². The minimum Gasteiger partial charge on any atom is -0.493 e. The Bertz CT molecular complexity index is 534. The molecule has 0 radical (unpaired) electrons. The zero-order chi connectivity index (χ0) is 13.8. The molecule has 106 valence electrons. The number of thiophene rings is 1. The van der Waals surface area contributed by atoms with Crippen LogP contribution in [-0.2, 0) is 0 Å². The molecule has 2 heterocycles. The third kappa shape index (κ3) is 2.89. The molecule has 20 heavy (non-hydrogen) atoms. The van der Waals surface area contributed by atoms with Gasteiger partial charge in [0.05, 0.1) is 6.61 Å². The lowest BCUT2D eigenvalue weighted by Gasteiger charge is -2.19. The van der Waals surface area contributed by atoms with E-state index in [1.807, 2.05) is 17.4 Å². The second-order valence-corrected chi connectivity index (χ2v) is 6.29. The predicted octanol–water partition coefficient (Wildman–Crippen LogP) is 4.36. The molecule has 3 rings (SSSR count). The van der Waals surface area contributed by atoms with Crippen molar-refractivity contribution in [3.8, 4) is 5.75 Å². The summed E-state index contributed by atoms with van der Waals surface area (Å²) in [4.78, 5) is 1.44. The zero-order valence-corrected chi connectivity index (χ0v) is 12.7. The molecule has 1 aromatic heterocycles. The van der Waals surface area contributed by atoms with Gasteiger partial charge in [-0.2, -0.15) is 0 Å². The smallest absolute Gasteiger partial charge is 0.122 e. The van der Waals surface area contributed by atoms with Crippen molar-refractivity contribution in [1.29, 1.82) is 0 Å². The van der Waals surface area contributed by atoms with E-state index in [4.69, 9.17) is 4.74 Å². The van der Waals surface area contributed by atoms with Gasteiger partial charge in [-0.1, -0.05) is 37.6 Å². The van der Waals surface area contributed by atoms with Gasteiger partial charge in [-0.3, -0.25) is 0 Å². The first-order valence-electron chi connectivity index (χ1n) is 7.37. The van der Waals surface area contributed by atoms with Gasteiger partial charge in [-0.05, 0) is 23.9 Å². The topological polar surface area (TPSA) is 21.3 Å². The van der Waals surface area contributed by atoms with Crippen LogP contribution < -0.4 is 10.1 Å². The first-order chi connectivity index (χ1) is 9.88.